The standard InChI is InChI=1S/C19H21NO5/c1-23-16-12-15(13-17(24-2)19(16)25-3)5-4-14-6-9-20(10-7-14)11-8-18(21)22/h4-7,9-10,12-13H,8,11H2,1-3H3/p+1/b5-4-. The van der Waals surface area contributed by atoms with E-state index in [9.17, 15) is 4.79 Å². The first-order chi connectivity index (χ1) is 12.1. The molecule has 1 N–H and O–H groups in total. The van der Waals surface area contributed by atoms with Crippen LogP contribution in [-0.2, 0) is 11.3 Å². The first-order valence-electron chi connectivity index (χ1n) is 7.76. The fourth-order valence-electron chi connectivity index (χ4n) is 2.34. The number of rotatable bonds is 8. The second kappa shape index (κ2) is 8.73. The summed E-state index contributed by atoms with van der Waals surface area (Å²) in [6, 6.07) is 7.59. The Balaban J connectivity index is 2.17. The summed E-state index contributed by atoms with van der Waals surface area (Å²) < 4.78 is 17.8. The van der Waals surface area contributed by atoms with Crippen LogP contribution in [0.5, 0.6) is 17.2 Å². The molecule has 6 nitrogen and oxygen atoms in total. The third-order valence-electron chi connectivity index (χ3n) is 3.66. The average Bonchev–Trinajstić information content (AvgIpc) is 2.64. The van der Waals surface area contributed by atoms with Crippen LogP contribution >= 0.6 is 0 Å². The molecule has 0 spiro atoms. The molecule has 1 aromatic carbocycles. The van der Waals surface area contributed by atoms with E-state index in [0.717, 1.165) is 11.1 Å². The average molecular weight is 344 g/mol. The molecule has 0 unspecified atom stereocenters. The molecule has 0 radical (unpaired) electrons. The topological polar surface area (TPSA) is 68.9 Å². The van der Waals surface area contributed by atoms with Gasteiger partial charge in [-0.2, -0.15) is 0 Å². The molecule has 0 saturated carbocycles. The van der Waals surface area contributed by atoms with Crippen LogP contribution in [-0.4, -0.2) is 32.4 Å². The Hall–Kier alpha value is -3.02. The van der Waals surface area contributed by atoms with E-state index in [-0.39, 0.29) is 6.42 Å². The van der Waals surface area contributed by atoms with Gasteiger partial charge in [-0.05, 0) is 23.3 Å². The van der Waals surface area contributed by atoms with Gasteiger partial charge in [0.1, 0.15) is 6.42 Å². The predicted molar refractivity (Wildman–Crippen MR) is 93.9 cm³/mol. The molecule has 25 heavy (non-hydrogen) atoms. The third-order valence-corrected chi connectivity index (χ3v) is 3.66. The Morgan fingerprint density at radius 3 is 2.04 bits per heavy atom. The van der Waals surface area contributed by atoms with Gasteiger partial charge in [0, 0.05) is 12.1 Å². The normalized spacial score (nSPS) is 10.7. The van der Waals surface area contributed by atoms with Crippen molar-refractivity contribution in [2.45, 2.75) is 13.0 Å². The fourth-order valence-corrected chi connectivity index (χ4v) is 2.34. The number of carboxylic acid groups (broad SMARTS) is 1. The Morgan fingerprint density at radius 1 is 1.00 bits per heavy atom. The van der Waals surface area contributed by atoms with Crippen LogP contribution in [0.25, 0.3) is 12.2 Å². The lowest BCUT2D eigenvalue weighted by Gasteiger charge is -2.12. The molecule has 0 aliphatic rings. The quantitative estimate of drug-likeness (QED) is 0.746. The van der Waals surface area contributed by atoms with Crippen molar-refractivity contribution in [2.75, 3.05) is 21.3 Å². The molecule has 1 aromatic heterocycles. The van der Waals surface area contributed by atoms with E-state index in [1.54, 1.807) is 21.3 Å². The van der Waals surface area contributed by atoms with Gasteiger partial charge >= 0.3 is 5.97 Å². The van der Waals surface area contributed by atoms with Crippen LogP contribution in [0.4, 0.5) is 0 Å². The molecule has 132 valence electrons. The van der Waals surface area contributed by atoms with Crippen LogP contribution in [0.3, 0.4) is 0 Å². The molecule has 0 saturated heterocycles. The van der Waals surface area contributed by atoms with Gasteiger partial charge in [-0.1, -0.05) is 12.2 Å². The van der Waals surface area contributed by atoms with Crippen LogP contribution in [0.1, 0.15) is 17.5 Å². The minimum absolute atomic E-state index is 0.102. The highest BCUT2D eigenvalue weighted by Gasteiger charge is 2.12. The van der Waals surface area contributed by atoms with E-state index in [1.165, 1.54) is 0 Å². The van der Waals surface area contributed by atoms with E-state index in [0.29, 0.717) is 23.8 Å². The van der Waals surface area contributed by atoms with Gasteiger partial charge in [0.15, 0.2) is 30.4 Å². The first-order valence-corrected chi connectivity index (χ1v) is 7.76. The van der Waals surface area contributed by atoms with Crippen molar-refractivity contribution in [1.82, 2.24) is 0 Å². The second-order valence-corrected chi connectivity index (χ2v) is 5.31. The molecule has 6 heteroatoms. The van der Waals surface area contributed by atoms with Gasteiger partial charge < -0.3 is 19.3 Å². The molecule has 2 rings (SSSR count). The third kappa shape index (κ3) is 4.97. The van der Waals surface area contributed by atoms with Crippen molar-refractivity contribution in [3.05, 3.63) is 47.8 Å². The van der Waals surface area contributed by atoms with Crippen LogP contribution < -0.4 is 18.8 Å². The summed E-state index contributed by atoms with van der Waals surface area (Å²) in [4.78, 5) is 10.6. The molecule has 0 fully saturated rings. The number of methoxy groups -OCH3 is 3. The molecular formula is C19H22NO5+. The van der Waals surface area contributed by atoms with E-state index < -0.39 is 5.97 Å². The summed E-state index contributed by atoms with van der Waals surface area (Å²) in [5.41, 5.74) is 1.91. The zero-order valence-corrected chi connectivity index (χ0v) is 14.6. The van der Waals surface area contributed by atoms with Crippen molar-refractivity contribution in [1.29, 1.82) is 0 Å². The number of aryl methyl sites for hydroxylation is 1. The Kier molecular flexibility index (Phi) is 6.39. The SMILES string of the molecule is COc1cc(/C=C\c2cc[n+](CCC(=O)O)cc2)cc(OC)c1OC. The zero-order chi connectivity index (χ0) is 18.2. The molecule has 1 heterocycles. The number of hydrogen-bond donors (Lipinski definition) is 1. The van der Waals surface area contributed by atoms with Gasteiger partial charge in [0.05, 0.1) is 21.3 Å². The summed E-state index contributed by atoms with van der Waals surface area (Å²) in [6.45, 7) is 0.451. The van der Waals surface area contributed by atoms with Crippen LogP contribution in [0, 0.1) is 0 Å². The maximum Gasteiger partial charge on any atom is 0.309 e. The summed E-state index contributed by atoms with van der Waals surface area (Å²) in [6.07, 6.45) is 7.73. The lowest BCUT2D eigenvalue weighted by molar-refractivity contribution is -0.696. The Bertz CT molecular complexity index is 728. The van der Waals surface area contributed by atoms with Gasteiger partial charge in [0.2, 0.25) is 5.75 Å². The number of carboxylic acids is 1. The van der Waals surface area contributed by atoms with E-state index in [4.69, 9.17) is 19.3 Å². The molecule has 0 aliphatic heterocycles. The van der Waals surface area contributed by atoms with Gasteiger partial charge in [-0.15, -0.1) is 0 Å². The maximum absolute atomic E-state index is 10.6. The van der Waals surface area contributed by atoms with Gasteiger partial charge in [-0.25, -0.2) is 4.57 Å². The number of aliphatic carboxylic acids is 1. The number of benzene rings is 1. The summed E-state index contributed by atoms with van der Waals surface area (Å²) in [5, 5.41) is 8.71. The lowest BCUT2D eigenvalue weighted by Crippen LogP contribution is -2.33. The van der Waals surface area contributed by atoms with E-state index in [1.807, 2.05) is 53.4 Å². The van der Waals surface area contributed by atoms with Crippen molar-refractivity contribution in [3.63, 3.8) is 0 Å². The minimum atomic E-state index is -0.807. The van der Waals surface area contributed by atoms with Gasteiger partial charge in [-0.3, -0.25) is 4.79 Å². The number of ether oxygens (including phenoxy) is 3. The van der Waals surface area contributed by atoms with E-state index >= 15 is 0 Å². The number of pyridine rings is 1. The molecular weight excluding hydrogens is 322 g/mol. The van der Waals surface area contributed by atoms with Crippen molar-refractivity contribution < 1.29 is 28.7 Å². The molecule has 0 atom stereocenters. The summed E-state index contributed by atoms with van der Waals surface area (Å²) in [7, 11) is 4.73. The Morgan fingerprint density at radius 2 is 1.56 bits per heavy atom. The van der Waals surface area contributed by atoms with Crippen molar-refractivity contribution in [3.8, 4) is 17.2 Å². The maximum atomic E-state index is 10.6. The second-order valence-electron chi connectivity index (χ2n) is 5.31. The smallest absolute Gasteiger partial charge is 0.309 e. The van der Waals surface area contributed by atoms with Gasteiger partial charge in [0.25, 0.3) is 0 Å². The highest BCUT2D eigenvalue weighted by molar-refractivity contribution is 5.72. The van der Waals surface area contributed by atoms with Crippen molar-refractivity contribution in [2.24, 2.45) is 0 Å². The summed E-state index contributed by atoms with van der Waals surface area (Å²) in [5.74, 6) is 0.947. The number of hydrogen-bond acceptors (Lipinski definition) is 4. The number of carbonyl (C=O) groups is 1. The number of aromatic nitrogens is 1. The molecule has 0 aliphatic carbocycles. The summed E-state index contributed by atoms with van der Waals surface area (Å²) >= 11 is 0. The zero-order valence-electron chi connectivity index (χ0n) is 14.6. The largest absolute Gasteiger partial charge is 0.493 e. The highest BCUT2D eigenvalue weighted by atomic mass is 16.5. The monoisotopic (exact) mass is 344 g/mol. The van der Waals surface area contributed by atoms with E-state index in [2.05, 4.69) is 0 Å². The first kappa shape index (κ1) is 18.3. The van der Waals surface area contributed by atoms with Crippen molar-refractivity contribution >= 4 is 18.1 Å². The number of nitrogens with zero attached hydrogens (tertiary/aromatic N) is 1. The molecule has 0 bridgehead atoms. The highest BCUT2D eigenvalue weighted by Crippen LogP contribution is 2.38. The Labute approximate surface area is 146 Å². The lowest BCUT2D eigenvalue weighted by atomic mass is 10.1. The van der Waals surface area contributed by atoms with Crippen LogP contribution in [0.15, 0.2) is 36.7 Å². The minimum Gasteiger partial charge on any atom is -0.493 e. The van der Waals surface area contributed by atoms with Crippen LogP contribution in [0.2, 0.25) is 0 Å². The predicted octanol–water partition coefficient (Wildman–Crippen LogP) is 2.65. The molecule has 0 amide bonds. The fraction of sp³-hybridized carbons (Fsp3) is 0.263. The molecule has 2 aromatic rings.